The van der Waals surface area contributed by atoms with Gasteiger partial charge in [-0.15, -0.1) is 10.2 Å². The lowest BCUT2D eigenvalue weighted by Crippen LogP contribution is -2.19. The van der Waals surface area contributed by atoms with Crippen molar-refractivity contribution in [1.29, 1.82) is 0 Å². The lowest BCUT2D eigenvalue weighted by atomic mass is 10.2. The molecule has 0 aromatic heterocycles. The molecular weight excluding hydrogens is 420 g/mol. The van der Waals surface area contributed by atoms with Crippen LogP contribution >= 0.6 is 0 Å². The van der Waals surface area contributed by atoms with Crippen LogP contribution in [0.25, 0.3) is 0 Å². The number of nitrogens with two attached hydrogens (primary N) is 1. The second-order valence-corrected chi connectivity index (χ2v) is 7.76. The van der Waals surface area contributed by atoms with E-state index in [0.717, 1.165) is 11.6 Å². The van der Waals surface area contributed by atoms with Gasteiger partial charge in [-0.2, -0.15) is 18.6 Å². The maximum atomic E-state index is 11.9. The number of azo groups is 2. The van der Waals surface area contributed by atoms with Gasteiger partial charge < -0.3 is 11.1 Å². The van der Waals surface area contributed by atoms with Crippen molar-refractivity contribution in [2.75, 3.05) is 5.32 Å². The molecule has 0 spiro atoms. The molecular formula is C20H18N6O4S. The third kappa shape index (κ3) is 6.01. The number of carbonyl (C=O) groups excluding carboxylic acids is 1. The lowest BCUT2D eigenvalue weighted by molar-refractivity contribution is 0.259. The van der Waals surface area contributed by atoms with Gasteiger partial charge in [0.1, 0.15) is 16.3 Å². The SMILES string of the molecule is Cc1ccc(N=Nc2ccc(N=Nc3ccccc3)cc2S(=O)(=O)O)c(NC(N)=O)c1. The highest BCUT2D eigenvalue weighted by Gasteiger charge is 2.17. The first-order valence-electron chi connectivity index (χ1n) is 8.89. The van der Waals surface area contributed by atoms with Gasteiger partial charge in [-0.1, -0.05) is 24.3 Å². The summed E-state index contributed by atoms with van der Waals surface area (Å²) in [5, 5.41) is 18.3. The second kappa shape index (κ2) is 9.24. The van der Waals surface area contributed by atoms with Crippen molar-refractivity contribution in [1.82, 2.24) is 0 Å². The second-order valence-electron chi connectivity index (χ2n) is 6.37. The summed E-state index contributed by atoms with van der Waals surface area (Å²) >= 11 is 0. The van der Waals surface area contributed by atoms with Crippen LogP contribution in [0.3, 0.4) is 0 Å². The molecule has 3 aromatic carbocycles. The van der Waals surface area contributed by atoms with Crippen LogP contribution in [0.4, 0.5) is 33.2 Å². The van der Waals surface area contributed by atoms with Gasteiger partial charge in [-0.05, 0) is 55.0 Å². The minimum Gasteiger partial charge on any atom is -0.351 e. The van der Waals surface area contributed by atoms with E-state index in [1.807, 2.05) is 13.0 Å². The highest BCUT2D eigenvalue weighted by Crippen LogP contribution is 2.33. The molecule has 0 bridgehead atoms. The summed E-state index contributed by atoms with van der Waals surface area (Å²) in [6, 6.07) is 17.0. The fourth-order valence-electron chi connectivity index (χ4n) is 2.54. The highest BCUT2D eigenvalue weighted by molar-refractivity contribution is 7.86. The highest BCUT2D eigenvalue weighted by atomic mass is 32.2. The van der Waals surface area contributed by atoms with Crippen LogP contribution in [0.5, 0.6) is 0 Å². The lowest BCUT2D eigenvalue weighted by Gasteiger charge is -2.07. The molecule has 11 heteroatoms. The van der Waals surface area contributed by atoms with E-state index in [2.05, 4.69) is 25.8 Å². The predicted molar refractivity (Wildman–Crippen MR) is 115 cm³/mol. The standard InChI is InChI=1S/C20H18N6O4S/c1-13-7-9-16(18(11-13)22-20(21)27)25-26-17-10-8-15(12-19(17)31(28,29)30)24-23-14-5-3-2-4-6-14/h2-12H,1H3,(H3,21,22,27)(H,28,29,30). The molecule has 2 amide bonds. The van der Waals surface area contributed by atoms with E-state index < -0.39 is 21.0 Å². The van der Waals surface area contributed by atoms with E-state index in [1.165, 1.54) is 12.1 Å². The number of hydrogen-bond donors (Lipinski definition) is 3. The van der Waals surface area contributed by atoms with Gasteiger partial charge in [0, 0.05) is 0 Å². The summed E-state index contributed by atoms with van der Waals surface area (Å²) in [5.74, 6) is 0. The molecule has 0 aliphatic rings. The first-order valence-corrected chi connectivity index (χ1v) is 10.3. The Labute approximate surface area is 178 Å². The number of nitrogens with zero attached hydrogens (tertiary/aromatic N) is 4. The number of hydrogen-bond acceptors (Lipinski definition) is 7. The van der Waals surface area contributed by atoms with Gasteiger partial charge in [-0.25, -0.2) is 4.79 Å². The van der Waals surface area contributed by atoms with Crippen molar-refractivity contribution >= 4 is 44.6 Å². The van der Waals surface area contributed by atoms with Crippen molar-refractivity contribution in [2.45, 2.75) is 11.8 Å². The normalized spacial score (nSPS) is 11.8. The van der Waals surface area contributed by atoms with Gasteiger partial charge in [0.25, 0.3) is 10.1 Å². The Morgan fingerprint density at radius 1 is 0.871 bits per heavy atom. The molecule has 158 valence electrons. The average Bonchev–Trinajstić information content (AvgIpc) is 2.71. The summed E-state index contributed by atoms with van der Waals surface area (Å²) in [6.45, 7) is 1.81. The fraction of sp³-hybridized carbons (Fsp3) is 0.0500. The molecule has 0 saturated carbocycles. The van der Waals surface area contributed by atoms with Crippen molar-refractivity contribution in [2.24, 2.45) is 26.2 Å². The zero-order chi connectivity index (χ0) is 22.4. The molecule has 0 radical (unpaired) electrons. The van der Waals surface area contributed by atoms with Crippen LogP contribution in [-0.4, -0.2) is 19.0 Å². The smallest absolute Gasteiger partial charge is 0.316 e. The van der Waals surface area contributed by atoms with Gasteiger partial charge in [0.15, 0.2) is 0 Å². The van der Waals surface area contributed by atoms with Crippen molar-refractivity contribution in [3.63, 3.8) is 0 Å². The van der Waals surface area contributed by atoms with Gasteiger partial charge >= 0.3 is 6.03 Å². The van der Waals surface area contributed by atoms with E-state index >= 15 is 0 Å². The van der Waals surface area contributed by atoms with Crippen LogP contribution in [-0.2, 0) is 10.1 Å². The van der Waals surface area contributed by atoms with Crippen molar-refractivity contribution < 1.29 is 17.8 Å². The minimum atomic E-state index is -4.62. The number of carbonyl (C=O) groups is 1. The summed E-state index contributed by atoms with van der Waals surface area (Å²) in [5.41, 5.74) is 7.21. The van der Waals surface area contributed by atoms with Crippen LogP contribution in [0.2, 0.25) is 0 Å². The molecule has 3 aromatic rings. The molecule has 0 aliphatic heterocycles. The number of nitrogens with one attached hydrogen (secondary N) is 1. The Morgan fingerprint density at radius 3 is 2.19 bits per heavy atom. The monoisotopic (exact) mass is 438 g/mol. The Hall–Kier alpha value is -3.96. The largest absolute Gasteiger partial charge is 0.351 e. The van der Waals surface area contributed by atoms with E-state index in [1.54, 1.807) is 42.5 Å². The van der Waals surface area contributed by atoms with E-state index in [9.17, 15) is 17.8 Å². The molecule has 0 unspecified atom stereocenters. The molecule has 10 nitrogen and oxygen atoms in total. The Morgan fingerprint density at radius 2 is 1.52 bits per heavy atom. The van der Waals surface area contributed by atoms with Crippen molar-refractivity contribution in [3.8, 4) is 0 Å². The van der Waals surface area contributed by atoms with Crippen molar-refractivity contribution in [3.05, 3.63) is 72.3 Å². The fourth-order valence-corrected chi connectivity index (χ4v) is 3.18. The third-order valence-corrected chi connectivity index (χ3v) is 4.82. The Kier molecular flexibility index (Phi) is 6.48. The number of rotatable bonds is 6. The average molecular weight is 438 g/mol. The Bertz CT molecular complexity index is 1270. The van der Waals surface area contributed by atoms with Crippen LogP contribution in [0, 0.1) is 6.92 Å². The number of aryl methyl sites for hydroxylation is 1. The van der Waals surface area contributed by atoms with E-state index in [-0.39, 0.29) is 17.1 Å². The number of benzene rings is 3. The number of primary amides is 1. The topological polar surface area (TPSA) is 159 Å². The third-order valence-electron chi connectivity index (χ3n) is 3.93. The summed E-state index contributed by atoms with van der Waals surface area (Å²) in [7, 11) is -4.62. The molecule has 0 heterocycles. The van der Waals surface area contributed by atoms with Crippen LogP contribution in [0.15, 0.2) is 92.1 Å². The summed E-state index contributed by atoms with van der Waals surface area (Å²) in [4.78, 5) is 10.7. The van der Waals surface area contributed by atoms with Gasteiger partial charge in [0.2, 0.25) is 0 Å². The maximum absolute atomic E-state index is 11.9. The summed E-state index contributed by atoms with van der Waals surface area (Å²) in [6.07, 6.45) is 0. The van der Waals surface area contributed by atoms with Crippen LogP contribution < -0.4 is 11.1 Å². The first-order chi connectivity index (χ1) is 14.7. The molecule has 0 fully saturated rings. The van der Waals surface area contributed by atoms with Crippen LogP contribution in [0.1, 0.15) is 5.56 Å². The number of anilines is 1. The minimum absolute atomic E-state index is 0.119. The molecule has 4 N–H and O–H groups in total. The molecule has 31 heavy (non-hydrogen) atoms. The Balaban J connectivity index is 1.97. The molecule has 0 aliphatic carbocycles. The number of amides is 2. The maximum Gasteiger partial charge on any atom is 0.316 e. The first kappa shape index (κ1) is 21.7. The van der Waals surface area contributed by atoms with Gasteiger partial charge in [0.05, 0.1) is 17.1 Å². The van der Waals surface area contributed by atoms with E-state index in [4.69, 9.17) is 5.73 Å². The molecule has 3 rings (SSSR count). The quantitative estimate of drug-likeness (QED) is 0.339. The number of urea groups is 1. The molecule has 0 atom stereocenters. The summed E-state index contributed by atoms with van der Waals surface area (Å²) < 4.78 is 33.3. The van der Waals surface area contributed by atoms with E-state index in [0.29, 0.717) is 11.4 Å². The molecule has 0 saturated heterocycles. The zero-order valence-electron chi connectivity index (χ0n) is 16.3. The zero-order valence-corrected chi connectivity index (χ0v) is 17.1. The predicted octanol–water partition coefficient (Wildman–Crippen LogP) is 5.56. The van der Waals surface area contributed by atoms with Gasteiger partial charge in [-0.3, -0.25) is 4.55 Å².